The summed E-state index contributed by atoms with van der Waals surface area (Å²) in [6.07, 6.45) is 0. The Bertz CT molecular complexity index is 1010. The van der Waals surface area contributed by atoms with Crippen molar-refractivity contribution in [2.24, 2.45) is 5.10 Å². The molecule has 28 heavy (non-hydrogen) atoms. The van der Waals surface area contributed by atoms with Crippen LogP contribution in [0, 0.1) is 0 Å². The number of benzene rings is 2. The van der Waals surface area contributed by atoms with Crippen molar-refractivity contribution < 1.29 is 9.59 Å². The predicted octanol–water partition coefficient (Wildman–Crippen LogP) is 1.84. The van der Waals surface area contributed by atoms with E-state index in [1.807, 2.05) is 36.4 Å². The van der Waals surface area contributed by atoms with Gasteiger partial charge in [-0.15, -0.1) is 10.2 Å². The van der Waals surface area contributed by atoms with Crippen molar-refractivity contribution in [3.63, 3.8) is 0 Å². The molecule has 1 heterocycles. The fraction of sp³-hybridized carbons (Fsp3) is 0.158. The van der Waals surface area contributed by atoms with Crippen molar-refractivity contribution in [1.82, 2.24) is 25.6 Å². The van der Waals surface area contributed by atoms with Gasteiger partial charge in [0.15, 0.2) is 0 Å². The SMILES string of the molecule is CC(=O)Nc1cccc(/C(C)=N/NC(=O)Cn2nnc(-c3ccccc3)n2)c1. The highest BCUT2D eigenvalue weighted by Gasteiger charge is 2.09. The maximum atomic E-state index is 12.1. The average Bonchev–Trinajstić information content (AvgIpc) is 3.15. The van der Waals surface area contributed by atoms with E-state index < -0.39 is 0 Å². The molecule has 3 rings (SSSR count). The first-order valence-corrected chi connectivity index (χ1v) is 8.55. The summed E-state index contributed by atoms with van der Waals surface area (Å²) in [6.45, 7) is 3.09. The summed E-state index contributed by atoms with van der Waals surface area (Å²) >= 11 is 0. The van der Waals surface area contributed by atoms with Gasteiger partial charge in [0.05, 0.1) is 5.71 Å². The smallest absolute Gasteiger partial charge is 0.263 e. The van der Waals surface area contributed by atoms with Crippen LogP contribution in [0.25, 0.3) is 11.4 Å². The lowest BCUT2D eigenvalue weighted by atomic mass is 10.1. The highest BCUT2D eigenvalue weighted by molar-refractivity contribution is 6.00. The lowest BCUT2D eigenvalue weighted by Crippen LogP contribution is -2.25. The molecule has 142 valence electrons. The second-order valence-electron chi connectivity index (χ2n) is 6.00. The Hall–Kier alpha value is -3.88. The minimum Gasteiger partial charge on any atom is -0.326 e. The molecule has 0 unspecified atom stereocenters. The number of rotatable bonds is 6. The average molecular weight is 377 g/mol. The van der Waals surface area contributed by atoms with Crippen LogP contribution in [0.15, 0.2) is 59.7 Å². The molecule has 0 aliphatic heterocycles. The number of hydrogen-bond acceptors (Lipinski definition) is 6. The number of tetrazole rings is 1. The Morgan fingerprint density at radius 3 is 2.61 bits per heavy atom. The standard InChI is InChI=1S/C19H19N7O2/c1-13(16-9-6-10-17(11-16)20-14(2)27)21-22-18(28)12-26-24-19(23-25-26)15-7-4-3-5-8-15/h3-11H,12H2,1-2H3,(H,20,27)(H,22,28)/b21-13+. The molecule has 9 nitrogen and oxygen atoms in total. The van der Waals surface area contributed by atoms with E-state index in [1.54, 1.807) is 25.1 Å². The molecular formula is C19H19N7O2. The van der Waals surface area contributed by atoms with Gasteiger partial charge in [0, 0.05) is 18.2 Å². The molecule has 0 bridgehead atoms. The summed E-state index contributed by atoms with van der Waals surface area (Å²) in [7, 11) is 0. The Kier molecular flexibility index (Phi) is 5.85. The van der Waals surface area contributed by atoms with E-state index in [2.05, 4.69) is 31.3 Å². The monoisotopic (exact) mass is 377 g/mol. The fourth-order valence-electron chi connectivity index (χ4n) is 2.41. The van der Waals surface area contributed by atoms with E-state index in [0.29, 0.717) is 17.2 Å². The van der Waals surface area contributed by atoms with Crippen LogP contribution in [-0.4, -0.2) is 37.7 Å². The molecule has 0 atom stereocenters. The molecule has 2 aromatic carbocycles. The third-order valence-corrected chi connectivity index (χ3v) is 3.72. The summed E-state index contributed by atoms with van der Waals surface area (Å²) in [6, 6.07) is 16.6. The molecular weight excluding hydrogens is 358 g/mol. The molecule has 0 aliphatic carbocycles. The molecule has 0 radical (unpaired) electrons. The lowest BCUT2D eigenvalue weighted by Gasteiger charge is -2.06. The Labute approximate surface area is 161 Å². The second kappa shape index (κ2) is 8.67. The number of hydrazone groups is 1. The Morgan fingerprint density at radius 1 is 1.07 bits per heavy atom. The molecule has 3 aromatic rings. The maximum Gasteiger partial charge on any atom is 0.263 e. The van der Waals surface area contributed by atoms with Gasteiger partial charge in [-0.25, -0.2) is 5.43 Å². The van der Waals surface area contributed by atoms with E-state index in [1.165, 1.54) is 11.7 Å². The van der Waals surface area contributed by atoms with Gasteiger partial charge in [-0.3, -0.25) is 9.59 Å². The van der Waals surface area contributed by atoms with Crippen molar-refractivity contribution in [3.8, 4) is 11.4 Å². The summed E-state index contributed by atoms with van der Waals surface area (Å²) in [5.74, 6) is -0.0903. The van der Waals surface area contributed by atoms with Crippen molar-refractivity contribution in [1.29, 1.82) is 0 Å². The molecule has 1 aromatic heterocycles. The second-order valence-corrected chi connectivity index (χ2v) is 6.00. The van der Waals surface area contributed by atoms with Gasteiger partial charge in [-0.2, -0.15) is 9.90 Å². The number of carbonyl (C=O) groups excluding carboxylic acids is 2. The van der Waals surface area contributed by atoms with E-state index in [-0.39, 0.29) is 18.4 Å². The highest BCUT2D eigenvalue weighted by atomic mass is 16.2. The summed E-state index contributed by atoms with van der Waals surface area (Å²) in [5.41, 5.74) is 5.32. The molecule has 2 N–H and O–H groups in total. The van der Waals surface area contributed by atoms with Crippen LogP contribution in [0.2, 0.25) is 0 Å². The van der Waals surface area contributed by atoms with Crippen LogP contribution in [0.3, 0.4) is 0 Å². The van der Waals surface area contributed by atoms with E-state index in [0.717, 1.165) is 11.1 Å². The Balaban J connectivity index is 1.61. The van der Waals surface area contributed by atoms with E-state index in [4.69, 9.17) is 0 Å². The first-order chi connectivity index (χ1) is 13.5. The normalized spacial score (nSPS) is 11.1. The van der Waals surface area contributed by atoms with E-state index >= 15 is 0 Å². The Morgan fingerprint density at radius 2 is 1.86 bits per heavy atom. The number of nitrogens with one attached hydrogen (secondary N) is 2. The summed E-state index contributed by atoms with van der Waals surface area (Å²) in [4.78, 5) is 24.5. The predicted molar refractivity (Wildman–Crippen MR) is 104 cm³/mol. The van der Waals surface area contributed by atoms with Crippen LogP contribution in [0.5, 0.6) is 0 Å². The quantitative estimate of drug-likeness (QED) is 0.502. The van der Waals surface area contributed by atoms with Crippen LogP contribution in [-0.2, 0) is 16.1 Å². The molecule has 9 heteroatoms. The number of aromatic nitrogens is 4. The summed E-state index contributed by atoms with van der Waals surface area (Å²) in [5, 5.41) is 18.8. The third kappa shape index (κ3) is 5.07. The molecule has 0 aliphatic rings. The topological polar surface area (TPSA) is 114 Å². The molecule has 0 saturated carbocycles. The number of hydrogen-bond donors (Lipinski definition) is 2. The molecule has 2 amide bonds. The van der Waals surface area contributed by atoms with Gasteiger partial charge < -0.3 is 5.32 Å². The van der Waals surface area contributed by atoms with Gasteiger partial charge in [0.1, 0.15) is 6.54 Å². The van der Waals surface area contributed by atoms with Crippen molar-refractivity contribution in [2.45, 2.75) is 20.4 Å². The zero-order valence-corrected chi connectivity index (χ0v) is 15.5. The zero-order valence-electron chi connectivity index (χ0n) is 15.5. The van der Waals surface area contributed by atoms with Gasteiger partial charge >= 0.3 is 0 Å². The van der Waals surface area contributed by atoms with Crippen molar-refractivity contribution in [2.75, 3.05) is 5.32 Å². The van der Waals surface area contributed by atoms with Gasteiger partial charge in [-0.05, 0) is 29.8 Å². The number of amides is 2. The van der Waals surface area contributed by atoms with Crippen molar-refractivity contribution in [3.05, 3.63) is 60.2 Å². The first-order valence-electron chi connectivity index (χ1n) is 8.55. The molecule has 0 saturated heterocycles. The number of nitrogens with zero attached hydrogens (tertiary/aromatic N) is 5. The molecule has 0 spiro atoms. The summed E-state index contributed by atoms with van der Waals surface area (Å²) < 4.78 is 0. The van der Waals surface area contributed by atoms with Crippen LogP contribution in [0.4, 0.5) is 5.69 Å². The first kappa shape index (κ1) is 18.9. The maximum absolute atomic E-state index is 12.1. The minimum atomic E-state index is -0.380. The van der Waals surface area contributed by atoms with Crippen molar-refractivity contribution >= 4 is 23.2 Å². The van der Waals surface area contributed by atoms with E-state index in [9.17, 15) is 9.59 Å². The van der Waals surface area contributed by atoms with Gasteiger partial charge in [0.25, 0.3) is 5.91 Å². The minimum absolute atomic E-state index is 0.109. The van der Waals surface area contributed by atoms with Crippen LogP contribution >= 0.6 is 0 Å². The number of carbonyl (C=O) groups is 2. The van der Waals surface area contributed by atoms with Crippen LogP contribution in [0.1, 0.15) is 19.4 Å². The van der Waals surface area contributed by atoms with Crippen LogP contribution < -0.4 is 10.7 Å². The van der Waals surface area contributed by atoms with Gasteiger partial charge in [-0.1, -0.05) is 42.5 Å². The fourth-order valence-corrected chi connectivity index (χ4v) is 2.41. The van der Waals surface area contributed by atoms with Gasteiger partial charge in [0.2, 0.25) is 11.7 Å². The lowest BCUT2D eigenvalue weighted by molar-refractivity contribution is -0.122. The third-order valence-electron chi connectivity index (χ3n) is 3.72. The largest absolute Gasteiger partial charge is 0.326 e. The zero-order chi connectivity index (χ0) is 19.9. The number of anilines is 1. The molecule has 0 fully saturated rings. The highest BCUT2D eigenvalue weighted by Crippen LogP contribution is 2.12.